The Balaban J connectivity index is 1.72. The highest BCUT2D eigenvalue weighted by atomic mass is 16.5. The first kappa shape index (κ1) is 16.8. The van der Waals surface area contributed by atoms with E-state index in [1.807, 2.05) is 41.0 Å². The monoisotopic (exact) mass is 330 g/mol. The predicted octanol–water partition coefficient (Wildman–Crippen LogP) is 2.45. The van der Waals surface area contributed by atoms with E-state index in [1.54, 1.807) is 7.11 Å². The predicted molar refractivity (Wildman–Crippen MR) is 91.6 cm³/mol. The molecule has 0 radical (unpaired) electrons. The molecule has 0 bridgehead atoms. The topological polar surface area (TPSA) is 49.9 Å². The molecule has 130 valence electrons. The van der Waals surface area contributed by atoms with E-state index in [9.17, 15) is 9.59 Å². The summed E-state index contributed by atoms with van der Waals surface area (Å²) in [6.07, 6.45) is 3.21. The highest BCUT2D eigenvalue weighted by molar-refractivity contribution is 5.86. The van der Waals surface area contributed by atoms with Crippen LogP contribution in [0.25, 0.3) is 0 Å². The van der Waals surface area contributed by atoms with E-state index in [1.165, 1.54) is 0 Å². The third-order valence-corrected chi connectivity index (χ3v) is 5.34. The van der Waals surface area contributed by atoms with Crippen LogP contribution in [0.4, 0.5) is 0 Å². The molecular weight excluding hydrogens is 304 g/mol. The number of ether oxygens (including phenoxy) is 1. The van der Waals surface area contributed by atoms with Crippen LogP contribution in [0.3, 0.4) is 0 Å². The minimum atomic E-state index is -0.359. The second kappa shape index (κ2) is 6.83. The summed E-state index contributed by atoms with van der Waals surface area (Å²) in [5.74, 6) is 1.18. The molecule has 1 aromatic carbocycles. The minimum absolute atomic E-state index is 0.157. The fraction of sp³-hybridized carbons (Fsp3) is 0.579. The maximum Gasteiger partial charge on any atom is 0.230 e. The summed E-state index contributed by atoms with van der Waals surface area (Å²) in [5, 5.41) is 0. The Kier molecular flexibility index (Phi) is 4.78. The number of piperidine rings is 1. The Hall–Kier alpha value is -2.04. The first-order chi connectivity index (χ1) is 11.6. The van der Waals surface area contributed by atoms with E-state index in [0.717, 1.165) is 37.1 Å². The molecule has 5 heteroatoms. The van der Waals surface area contributed by atoms with Crippen molar-refractivity contribution in [3.63, 3.8) is 0 Å². The standard InChI is InChI=1S/C19H26N2O3/c1-3-17(22)21-11-9-19(14-21)8-5-10-20(18(19)23)13-15-6-4-7-16(12-15)24-2/h4,6-7,12H,3,5,8-11,13-14H2,1-2H3/t19-/m1/s1. The van der Waals surface area contributed by atoms with E-state index < -0.39 is 0 Å². The molecule has 2 aliphatic heterocycles. The second-order valence-corrected chi connectivity index (χ2v) is 6.88. The lowest BCUT2D eigenvalue weighted by Crippen LogP contribution is -2.50. The van der Waals surface area contributed by atoms with Gasteiger partial charge in [-0.15, -0.1) is 0 Å². The molecular formula is C19H26N2O3. The van der Waals surface area contributed by atoms with Crippen molar-refractivity contribution >= 4 is 11.8 Å². The highest BCUT2D eigenvalue weighted by Gasteiger charge is 2.49. The number of nitrogens with zero attached hydrogens (tertiary/aromatic N) is 2. The van der Waals surface area contributed by atoms with Crippen molar-refractivity contribution in [2.24, 2.45) is 5.41 Å². The van der Waals surface area contributed by atoms with Crippen LogP contribution in [-0.2, 0) is 16.1 Å². The van der Waals surface area contributed by atoms with Gasteiger partial charge in [0.05, 0.1) is 12.5 Å². The van der Waals surface area contributed by atoms with Gasteiger partial charge in [-0.2, -0.15) is 0 Å². The third kappa shape index (κ3) is 3.12. The summed E-state index contributed by atoms with van der Waals surface area (Å²) < 4.78 is 5.27. The number of benzene rings is 1. The van der Waals surface area contributed by atoms with Gasteiger partial charge in [0.25, 0.3) is 0 Å². The zero-order valence-corrected chi connectivity index (χ0v) is 14.6. The van der Waals surface area contributed by atoms with Gasteiger partial charge in [0.15, 0.2) is 0 Å². The quantitative estimate of drug-likeness (QED) is 0.852. The van der Waals surface area contributed by atoms with Crippen molar-refractivity contribution in [2.75, 3.05) is 26.7 Å². The van der Waals surface area contributed by atoms with E-state index >= 15 is 0 Å². The normalized spacial score (nSPS) is 23.8. The lowest BCUT2D eigenvalue weighted by atomic mass is 9.78. The van der Waals surface area contributed by atoms with Gasteiger partial charge in [-0.25, -0.2) is 0 Å². The first-order valence-corrected chi connectivity index (χ1v) is 8.78. The summed E-state index contributed by atoms with van der Waals surface area (Å²) in [7, 11) is 1.65. The first-order valence-electron chi connectivity index (χ1n) is 8.78. The molecule has 2 amide bonds. The van der Waals surface area contributed by atoms with Crippen LogP contribution in [0.5, 0.6) is 5.75 Å². The van der Waals surface area contributed by atoms with Gasteiger partial charge in [0.2, 0.25) is 11.8 Å². The van der Waals surface area contributed by atoms with Gasteiger partial charge >= 0.3 is 0 Å². The van der Waals surface area contributed by atoms with Crippen molar-refractivity contribution in [3.8, 4) is 5.75 Å². The maximum absolute atomic E-state index is 13.1. The molecule has 1 spiro atoms. The summed E-state index contributed by atoms with van der Waals surface area (Å²) in [6.45, 7) is 4.59. The SMILES string of the molecule is CCC(=O)N1CC[C@]2(CCCN(Cc3cccc(OC)c3)C2=O)C1. The fourth-order valence-electron chi connectivity index (χ4n) is 3.98. The summed E-state index contributed by atoms with van der Waals surface area (Å²) >= 11 is 0. The Morgan fingerprint density at radius 3 is 2.88 bits per heavy atom. The van der Waals surface area contributed by atoms with Crippen LogP contribution >= 0.6 is 0 Å². The van der Waals surface area contributed by atoms with Gasteiger partial charge in [0, 0.05) is 32.6 Å². The smallest absolute Gasteiger partial charge is 0.230 e. The zero-order chi connectivity index (χ0) is 17.2. The number of hydrogen-bond donors (Lipinski definition) is 0. The van der Waals surface area contributed by atoms with E-state index in [0.29, 0.717) is 26.1 Å². The van der Waals surface area contributed by atoms with Crippen LogP contribution in [0.15, 0.2) is 24.3 Å². The highest BCUT2D eigenvalue weighted by Crippen LogP contribution is 2.40. The molecule has 0 saturated carbocycles. The van der Waals surface area contributed by atoms with Crippen molar-refractivity contribution in [3.05, 3.63) is 29.8 Å². The molecule has 0 aliphatic carbocycles. The van der Waals surface area contributed by atoms with Crippen molar-refractivity contribution < 1.29 is 14.3 Å². The van der Waals surface area contributed by atoms with Gasteiger partial charge in [0.1, 0.15) is 5.75 Å². The van der Waals surface area contributed by atoms with E-state index in [4.69, 9.17) is 4.74 Å². The van der Waals surface area contributed by atoms with Crippen molar-refractivity contribution in [1.82, 2.24) is 9.80 Å². The lowest BCUT2D eigenvalue weighted by molar-refractivity contribution is -0.146. The number of methoxy groups -OCH3 is 1. The molecule has 2 saturated heterocycles. The molecule has 0 aromatic heterocycles. The molecule has 2 fully saturated rings. The summed E-state index contributed by atoms with van der Waals surface area (Å²) in [5.41, 5.74) is 0.723. The van der Waals surface area contributed by atoms with Crippen LogP contribution in [0.1, 0.15) is 38.2 Å². The molecule has 2 aliphatic rings. The Morgan fingerprint density at radius 1 is 1.29 bits per heavy atom. The molecule has 1 aromatic rings. The van der Waals surface area contributed by atoms with Crippen LogP contribution in [0.2, 0.25) is 0 Å². The molecule has 3 rings (SSSR count). The zero-order valence-electron chi connectivity index (χ0n) is 14.6. The largest absolute Gasteiger partial charge is 0.497 e. The number of likely N-dealkylation sites (tertiary alicyclic amines) is 2. The van der Waals surface area contributed by atoms with E-state index in [-0.39, 0.29) is 17.2 Å². The molecule has 0 unspecified atom stereocenters. The average molecular weight is 330 g/mol. The Labute approximate surface area is 143 Å². The van der Waals surface area contributed by atoms with Gasteiger partial charge in [-0.3, -0.25) is 9.59 Å². The van der Waals surface area contributed by atoms with Crippen LogP contribution in [-0.4, -0.2) is 48.4 Å². The third-order valence-electron chi connectivity index (χ3n) is 5.34. The van der Waals surface area contributed by atoms with E-state index in [2.05, 4.69) is 0 Å². The number of carbonyl (C=O) groups excluding carboxylic acids is 2. The van der Waals surface area contributed by atoms with Gasteiger partial charge in [-0.1, -0.05) is 19.1 Å². The number of carbonyl (C=O) groups is 2. The average Bonchev–Trinajstić information content (AvgIpc) is 3.04. The lowest BCUT2D eigenvalue weighted by Gasteiger charge is -2.39. The summed E-state index contributed by atoms with van der Waals surface area (Å²) in [6, 6.07) is 7.87. The van der Waals surface area contributed by atoms with Crippen molar-refractivity contribution in [1.29, 1.82) is 0 Å². The van der Waals surface area contributed by atoms with Gasteiger partial charge in [-0.05, 0) is 37.0 Å². The molecule has 2 heterocycles. The van der Waals surface area contributed by atoms with Crippen molar-refractivity contribution in [2.45, 2.75) is 39.2 Å². The van der Waals surface area contributed by atoms with Crippen LogP contribution in [0, 0.1) is 5.41 Å². The maximum atomic E-state index is 13.1. The Bertz CT molecular complexity index is 631. The Morgan fingerprint density at radius 2 is 2.12 bits per heavy atom. The molecule has 5 nitrogen and oxygen atoms in total. The molecule has 0 N–H and O–H groups in total. The second-order valence-electron chi connectivity index (χ2n) is 6.88. The van der Waals surface area contributed by atoms with Gasteiger partial charge < -0.3 is 14.5 Å². The number of hydrogen-bond acceptors (Lipinski definition) is 3. The fourth-order valence-corrected chi connectivity index (χ4v) is 3.98. The summed E-state index contributed by atoms with van der Waals surface area (Å²) in [4.78, 5) is 28.9. The van der Waals surface area contributed by atoms with Crippen LogP contribution < -0.4 is 4.74 Å². The number of amides is 2. The number of rotatable bonds is 4. The molecule has 1 atom stereocenters. The minimum Gasteiger partial charge on any atom is -0.497 e. The molecule has 24 heavy (non-hydrogen) atoms.